The molecular weight excluding hydrogens is 284 g/mol. The van der Waals surface area contributed by atoms with Gasteiger partial charge in [0.25, 0.3) is 0 Å². The highest BCUT2D eigenvalue weighted by molar-refractivity contribution is 5.78. The summed E-state index contributed by atoms with van der Waals surface area (Å²) in [5, 5.41) is 3.11. The maximum atomic E-state index is 11.4. The van der Waals surface area contributed by atoms with E-state index in [1.54, 1.807) is 0 Å². The van der Waals surface area contributed by atoms with Crippen LogP contribution in [0, 0.1) is 5.92 Å². The lowest BCUT2D eigenvalue weighted by atomic mass is 9.92. The van der Waals surface area contributed by atoms with Crippen molar-refractivity contribution in [1.29, 1.82) is 0 Å². The molecule has 1 saturated heterocycles. The number of aromatic nitrogens is 1. The molecule has 23 heavy (non-hydrogen) atoms. The summed E-state index contributed by atoms with van der Waals surface area (Å²) >= 11 is 0. The van der Waals surface area contributed by atoms with Gasteiger partial charge < -0.3 is 9.88 Å². The number of rotatable bonds is 7. The van der Waals surface area contributed by atoms with Crippen molar-refractivity contribution < 1.29 is 4.79 Å². The molecule has 2 atom stereocenters. The van der Waals surface area contributed by atoms with Gasteiger partial charge in [-0.1, -0.05) is 43.7 Å². The van der Waals surface area contributed by atoms with Gasteiger partial charge in [-0.2, -0.15) is 0 Å². The van der Waals surface area contributed by atoms with Gasteiger partial charge in [0.1, 0.15) is 0 Å². The highest BCUT2D eigenvalue weighted by Crippen LogP contribution is 2.22. The molecule has 122 valence electrons. The van der Waals surface area contributed by atoms with Crippen molar-refractivity contribution in [2.24, 2.45) is 5.92 Å². The van der Waals surface area contributed by atoms with E-state index in [4.69, 9.17) is 0 Å². The van der Waals surface area contributed by atoms with Crippen LogP contribution in [0.3, 0.4) is 0 Å². The first-order chi connectivity index (χ1) is 11.2. The van der Waals surface area contributed by atoms with Crippen LogP contribution in [0.4, 0.5) is 0 Å². The van der Waals surface area contributed by atoms with Crippen molar-refractivity contribution in [3.05, 3.63) is 59.9 Å². The van der Waals surface area contributed by atoms with Crippen LogP contribution in [0.1, 0.15) is 43.9 Å². The molecular formula is C20H26N2O. The van der Waals surface area contributed by atoms with Crippen molar-refractivity contribution in [3.8, 4) is 0 Å². The maximum Gasteiger partial charge on any atom is 0.220 e. The van der Waals surface area contributed by atoms with E-state index in [0.717, 1.165) is 32.2 Å². The molecule has 3 nitrogen and oxygen atoms in total. The van der Waals surface area contributed by atoms with E-state index in [-0.39, 0.29) is 5.91 Å². The Morgan fingerprint density at radius 3 is 2.74 bits per heavy atom. The zero-order valence-corrected chi connectivity index (χ0v) is 13.9. The summed E-state index contributed by atoms with van der Waals surface area (Å²) in [6.45, 7) is 3.19. The summed E-state index contributed by atoms with van der Waals surface area (Å²) in [5.41, 5.74) is 2.73. The van der Waals surface area contributed by atoms with Gasteiger partial charge in [-0.05, 0) is 42.9 Å². The Bertz CT molecular complexity index is 632. The van der Waals surface area contributed by atoms with E-state index in [1.807, 2.05) is 0 Å². The molecule has 1 aliphatic rings. The summed E-state index contributed by atoms with van der Waals surface area (Å²) in [7, 11) is 0. The first-order valence-electron chi connectivity index (χ1n) is 8.72. The van der Waals surface area contributed by atoms with Crippen molar-refractivity contribution in [2.45, 2.75) is 51.6 Å². The van der Waals surface area contributed by atoms with Gasteiger partial charge in [-0.3, -0.25) is 4.79 Å². The first kappa shape index (κ1) is 15.9. The summed E-state index contributed by atoms with van der Waals surface area (Å²) in [6.07, 6.45) is 7.21. The zero-order valence-electron chi connectivity index (χ0n) is 13.9. The highest BCUT2D eigenvalue weighted by Gasteiger charge is 2.24. The fourth-order valence-electron chi connectivity index (χ4n) is 3.52. The number of benzene rings is 1. The van der Waals surface area contributed by atoms with Gasteiger partial charge in [-0.25, -0.2) is 0 Å². The quantitative estimate of drug-likeness (QED) is 0.830. The molecule has 0 radical (unpaired) electrons. The first-order valence-corrected chi connectivity index (χ1v) is 8.72. The Morgan fingerprint density at radius 2 is 2.04 bits per heavy atom. The molecule has 0 aliphatic carbocycles. The fourth-order valence-corrected chi connectivity index (χ4v) is 3.52. The monoisotopic (exact) mass is 310 g/mol. The van der Waals surface area contributed by atoms with Crippen molar-refractivity contribution in [2.75, 3.05) is 0 Å². The van der Waals surface area contributed by atoms with E-state index in [9.17, 15) is 4.79 Å². The molecule has 2 aromatic rings. The lowest BCUT2D eigenvalue weighted by molar-refractivity contribution is -0.119. The van der Waals surface area contributed by atoms with Gasteiger partial charge >= 0.3 is 0 Å². The third-order valence-corrected chi connectivity index (χ3v) is 4.90. The van der Waals surface area contributed by atoms with Crippen LogP contribution in [0.2, 0.25) is 0 Å². The Hall–Kier alpha value is -2.03. The third kappa shape index (κ3) is 4.25. The highest BCUT2D eigenvalue weighted by atomic mass is 16.1. The van der Waals surface area contributed by atoms with E-state index >= 15 is 0 Å². The summed E-state index contributed by atoms with van der Waals surface area (Å²) in [4.78, 5) is 11.4. The molecule has 2 heterocycles. The number of carbonyl (C=O) groups is 1. The van der Waals surface area contributed by atoms with Gasteiger partial charge in [-0.15, -0.1) is 0 Å². The second kappa shape index (κ2) is 7.49. The number of amides is 1. The van der Waals surface area contributed by atoms with Crippen LogP contribution < -0.4 is 5.32 Å². The molecule has 0 spiro atoms. The normalized spacial score (nSPS) is 18.8. The molecule has 1 aromatic carbocycles. The molecule has 2 unspecified atom stereocenters. The van der Waals surface area contributed by atoms with Gasteiger partial charge in [0, 0.05) is 30.9 Å². The minimum Gasteiger partial charge on any atom is -0.353 e. The molecule has 0 saturated carbocycles. The Labute approximate surface area is 138 Å². The van der Waals surface area contributed by atoms with Crippen LogP contribution in [-0.2, 0) is 17.8 Å². The molecule has 0 bridgehead atoms. The number of carbonyl (C=O) groups excluding carboxylic acids is 1. The minimum atomic E-state index is 0.220. The van der Waals surface area contributed by atoms with Crippen molar-refractivity contribution >= 4 is 5.91 Å². The van der Waals surface area contributed by atoms with Crippen LogP contribution in [-0.4, -0.2) is 16.5 Å². The van der Waals surface area contributed by atoms with E-state index in [0.29, 0.717) is 18.4 Å². The Kier molecular flexibility index (Phi) is 5.16. The summed E-state index contributed by atoms with van der Waals surface area (Å²) < 4.78 is 2.35. The molecule has 1 fully saturated rings. The van der Waals surface area contributed by atoms with Gasteiger partial charge in [0.05, 0.1) is 0 Å². The van der Waals surface area contributed by atoms with Crippen molar-refractivity contribution in [1.82, 2.24) is 9.88 Å². The smallest absolute Gasteiger partial charge is 0.220 e. The maximum absolute atomic E-state index is 11.4. The minimum absolute atomic E-state index is 0.220. The van der Waals surface area contributed by atoms with Crippen molar-refractivity contribution in [3.63, 3.8) is 0 Å². The van der Waals surface area contributed by atoms with Crippen LogP contribution in [0.5, 0.6) is 0 Å². The number of nitrogens with zero attached hydrogens (tertiary/aromatic N) is 1. The van der Waals surface area contributed by atoms with Crippen LogP contribution in [0.25, 0.3) is 0 Å². The predicted molar refractivity (Wildman–Crippen MR) is 93.2 cm³/mol. The van der Waals surface area contributed by atoms with Gasteiger partial charge in [0.2, 0.25) is 5.91 Å². The van der Waals surface area contributed by atoms with Crippen LogP contribution in [0.15, 0.2) is 48.7 Å². The molecule has 1 N–H and O–H groups in total. The molecule has 3 rings (SSSR count). The Balaban J connectivity index is 1.62. The van der Waals surface area contributed by atoms with Crippen LogP contribution >= 0.6 is 0 Å². The van der Waals surface area contributed by atoms with E-state index in [2.05, 4.69) is 65.5 Å². The average molecular weight is 310 g/mol. The second-order valence-electron chi connectivity index (χ2n) is 6.63. The van der Waals surface area contributed by atoms with Gasteiger partial charge in [0.15, 0.2) is 0 Å². The summed E-state index contributed by atoms with van der Waals surface area (Å²) in [6, 6.07) is 15.4. The summed E-state index contributed by atoms with van der Waals surface area (Å²) in [5.74, 6) is 0.847. The second-order valence-corrected chi connectivity index (χ2v) is 6.63. The molecule has 1 aromatic heterocycles. The number of hydrogen-bond donors (Lipinski definition) is 1. The zero-order chi connectivity index (χ0) is 16.1. The average Bonchev–Trinajstić information content (AvgIpc) is 3.17. The molecule has 1 amide bonds. The Morgan fingerprint density at radius 1 is 1.22 bits per heavy atom. The lowest BCUT2D eigenvalue weighted by Crippen LogP contribution is -2.28. The predicted octanol–water partition coefficient (Wildman–Crippen LogP) is 3.77. The fraction of sp³-hybridized carbons (Fsp3) is 0.450. The topological polar surface area (TPSA) is 34.0 Å². The van der Waals surface area contributed by atoms with E-state index in [1.165, 1.54) is 11.3 Å². The number of nitrogens with one attached hydrogen (secondary N) is 1. The largest absolute Gasteiger partial charge is 0.353 e. The SMILES string of the molecule is CCC(Cc1cccn1Cc1ccccc1)CC1CCC(=O)N1. The lowest BCUT2D eigenvalue weighted by Gasteiger charge is -2.20. The molecule has 1 aliphatic heterocycles. The number of hydrogen-bond acceptors (Lipinski definition) is 1. The van der Waals surface area contributed by atoms with E-state index < -0.39 is 0 Å². The molecule has 3 heteroatoms. The standard InChI is InChI=1S/C20H26N2O/c1-2-16(13-18-10-11-20(23)21-18)14-19-9-6-12-22(19)15-17-7-4-3-5-8-17/h3-9,12,16,18H,2,10-11,13-15H2,1H3,(H,21,23). The third-order valence-electron chi connectivity index (χ3n) is 4.90.